The highest BCUT2D eigenvalue weighted by Gasteiger charge is 2.21. The summed E-state index contributed by atoms with van der Waals surface area (Å²) in [4.78, 5) is 7.06. The molecule has 0 spiro atoms. The van der Waals surface area contributed by atoms with Crippen LogP contribution in [0.3, 0.4) is 0 Å². The molecule has 0 bridgehead atoms. The molecule has 2 N–H and O–H groups in total. The average Bonchev–Trinajstić information content (AvgIpc) is 2.62. The number of aliphatic imine (C=N–C) groups is 1. The van der Waals surface area contributed by atoms with Crippen molar-refractivity contribution in [2.75, 3.05) is 32.8 Å². The van der Waals surface area contributed by atoms with Gasteiger partial charge in [-0.25, -0.2) is 4.99 Å². The SMILES string of the molecule is CCNC(=NCc1ccc(O)c(OCC)c1)N1CCC(OCC)CC1. The van der Waals surface area contributed by atoms with Crippen LogP contribution in [0.5, 0.6) is 11.5 Å². The van der Waals surface area contributed by atoms with Crippen LogP contribution in [-0.4, -0.2) is 54.9 Å². The van der Waals surface area contributed by atoms with Crippen molar-refractivity contribution in [3.05, 3.63) is 23.8 Å². The molecule has 6 heteroatoms. The van der Waals surface area contributed by atoms with Gasteiger partial charge in [-0.1, -0.05) is 6.07 Å². The lowest BCUT2D eigenvalue weighted by Gasteiger charge is -2.34. The maximum absolute atomic E-state index is 9.81. The molecule has 140 valence electrons. The molecule has 0 aromatic heterocycles. The minimum absolute atomic E-state index is 0.166. The average molecular weight is 349 g/mol. The minimum atomic E-state index is 0.166. The fourth-order valence-electron chi connectivity index (χ4n) is 2.99. The number of phenolic OH excluding ortho intramolecular Hbond substituents is 1. The van der Waals surface area contributed by atoms with Crippen molar-refractivity contribution in [1.82, 2.24) is 10.2 Å². The van der Waals surface area contributed by atoms with Crippen molar-refractivity contribution in [3.8, 4) is 11.5 Å². The number of likely N-dealkylation sites (tertiary alicyclic amines) is 1. The number of nitrogens with one attached hydrogen (secondary N) is 1. The van der Waals surface area contributed by atoms with Crippen molar-refractivity contribution in [3.63, 3.8) is 0 Å². The van der Waals surface area contributed by atoms with Crippen LogP contribution in [-0.2, 0) is 11.3 Å². The molecule has 2 rings (SSSR count). The summed E-state index contributed by atoms with van der Waals surface area (Å²) in [5, 5.41) is 13.2. The predicted octanol–water partition coefficient (Wildman–Crippen LogP) is 2.76. The Morgan fingerprint density at radius 1 is 1.24 bits per heavy atom. The standard InChI is InChI=1S/C19H31N3O3/c1-4-20-19(22-11-9-16(10-12-22)24-5-2)21-14-15-7-8-17(23)18(13-15)25-6-3/h7-8,13,16,23H,4-6,9-12,14H2,1-3H3,(H,20,21). The van der Waals surface area contributed by atoms with Crippen LogP contribution in [0, 0.1) is 0 Å². The fourth-order valence-corrected chi connectivity index (χ4v) is 2.99. The van der Waals surface area contributed by atoms with Crippen LogP contribution in [0.1, 0.15) is 39.2 Å². The third-order valence-electron chi connectivity index (χ3n) is 4.21. The van der Waals surface area contributed by atoms with E-state index in [1.54, 1.807) is 6.07 Å². The highest BCUT2D eigenvalue weighted by molar-refractivity contribution is 5.80. The molecular weight excluding hydrogens is 318 g/mol. The van der Waals surface area contributed by atoms with Gasteiger partial charge in [0.25, 0.3) is 0 Å². The largest absolute Gasteiger partial charge is 0.504 e. The normalized spacial score (nSPS) is 16.1. The van der Waals surface area contributed by atoms with Gasteiger partial charge in [-0.3, -0.25) is 0 Å². The molecule has 1 fully saturated rings. The first-order valence-electron chi connectivity index (χ1n) is 9.27. The molecule has 0 unspecified atom stereocenters. The Balaban J connectivity index is 2.01. The van der Waals surface area contributed by atoms with Gasteiger partial charge >= 0.3 is 0 Å². The Kier molecular flexibility index (Phi) is 7.85. The summed E-state index contributed by atoms with van der Waals surface area (Å²) < 4.78 is 11.2. The number of ether oxygens (including phenoxy) is 2. The summed E-state index contributed by atoms with van der Waals surface area (Å²) in [6.45, 7) is 10.6. The monoisotopic (exact) mass is 349 g/mol. The first-order valence-corrected chi connectivity index (χ1v) is 9.27. The van der Waals surface area contributed by atoms with Gasteiger partial charge < -0.3 is 24.8 Å². The zero-order chi connectivity index (χ0) is 18.1. The van der Waals surface area contributed by atoms with Gasteiger partial charge in [-0.05, 0) is 51.3 Å². The van der Waals surface area contributed by atoms with Crippen LogP contribution >= 0.6 is 0 Å². The summed E-state index contributed by atoms with van der Waals surface area (Å²) in [5.41, 5.74) is 1.01. The smallest absolute Gasteiger partial charge is 0.194 e. The summed E-state index contributed by atoms with van der Waals surface area (Å²) in [7, 11) is 0. The van der Waals surface area contributed by atoms with Crippen LogP contribution in [0.25, 0.3) is 0 Å². The second kappa shape index (κ2) is 10.1. The maximum atomic E-state index is 9.81. The molecular formula is C19H31N3O3. The molecule has 1 aromatic rings. The number of nitrogens with zero attached hydrogens (tertiary/aromatic N) is 2. The first kappa shape index (κ1) is 19.4. The van der Waals surface area contributed by atoms with E-state index in [9.17, 15) is 5.11 Å². The van der Waals surface area contributed by atoms with E-state index in [2.05, 4.69) is 17.1 Å². The van der Waals surface area contributed by atoms with Gasteiger partial charge in [-0.15, -0.1) is 0 Å². The number of guanidine groups is 1. The van der Waals surface area contributed by atoms with E-state index < -0.39 is 0 Å². The molecule has 1 saturated heterocycles. The number of benzene rings is 1. The number of hydrogen-bond donors (Lipinski definition) is 2. The Hall–Kier alpha value is -1.95. The van der Waals surface area contributed by atoms with Gasteiger partial charge in [0.1, 0.15) is 0 Å². The highest BCUT2D eigenvalue weighted by Crippen LogP contribution is 2.27. The molecule has 6 nitrogen and oxygen atoms in total. The van der Waals surface area contributed by atoms with Gasteiger partial charge in [0, 0.05) is 26.2 Å². The van der Waals surface area contributed by atoms with Gasteiger partial charge in [0.2, 0.25) is 0 Å². The molecule has 1 aliphatic heterocycles. The van der Waals surface area contributed by atoms with Crippen molar-refractivity contribution >= 4 is 5.96 Å². The van der Waals surface area contributed by atoms with Crippen molar-refractivity contribution < 1.29 is 14.6 Å². The molecule has 0 radical (unpaired) electrons. The molecule has 25 heavy (non-hydrogen) atoms. The molecule has 1 aromatic carbocycles. The van der Waals surface area contributed by atoms with Crippen molar-refractivity contribution in [2.45, 2.75) is 46.3 Å². The van der Waals surface area contributed by atoms with E-state index in [1.807, 2.05) is 26.0 Å². The molecule has 0 saturated carbocycles. The van der Waals surface area contributed by atoms with Gasteiger partial charge in [0.15, 0.2) is 17.5 Å². The lowest BCUT2D eigenvalue weighted by atomic mass is 10.1. The van der Waals surface area contributed by atoms with E-state index in [0.29, 0.717) is 25.0 Å². The molecule has 0 amide bonds. The second-order valence-corrected chi connectivity index (χ2v) is 6.05. The first-order chi connectivity index (χ1) is 12.2. The van der Waals surface area contributed by atoms with Crippen molar-refractivity contribution in [1.29, 1.82) is 0 Å². The van der Waals surface area contributed by atoms with E-state index in [-0.39, 0.29) is 5.75 Å². The third kappa shape index (κ3) is 5.81. The van der Waals surface area contributed by atoms with Crippen LogP contribution in [0.2, 0.25) is 0 Å². The van der Waals surface area contributed by atoms with Crippen LogP contribution in [0.15, 0.2) is 23.2 Å². The summed E-state index contributed by atoms with van der Waals surface area (Å²) in [6.07, 6.45) is 2.44. The highest BCUT2D eigenvalue weighted by atomic mass is 16.5. The third-order valence-corrected chi connectivity index (χ3v) is 4.21. The molecule has 0 aliphatic carbocycles. The van der Waals surface area contributed by atoms with Gasteiger partial charge in [-0.2, -0.15) is 0 Å². The Bertz CT molecular complexity index is 555. The lowest BCUT2D eigenvalue weighted by molar-refractivity contribution is 0.0263. The number of hydrogen-bond acceptors (Lipinski definition) is 4. The zero-order valence-corrected chi connectivity index (χ0v) is 15.6. The minimum Gasteiger partial charge on any atom is -0.504 e. The Labute approximate surface area is 150 Å². The van der Waals surface area contributed by atoms with E-state index in [4.69, 9.17) is 14.5 Å². The maximum Gasteiger partial charge on any atom is 0.194 e. The number of rotatable bonds is 7. The topological polar surface area (TPSA) is 66.3 Å². The van der Waals surface area contributed by atoms with Crippen molar-refractivity contribution in [2.24, 2.45) is 4.99 Å². The zero-order valence-electron chi connectivity index (χ0n) is 15.6. The summed E-state index contributed by atoms with van der Waals surface area (Å²) in [5.74, 6) is 1.61. The number of piperidine rings is 1. The molecule has 0 atom stereocenters. The van der Waals surface area contributed by atoms with E-state index >= 15 is 0 Å². The second-order valence-electron chi connectivity index (χ2n) is 6.05. The quantitative estimate of drug-likeness (QED) is 0.585. The Morgan fingerprint density at radius 3 is 2.64 bits per heavy atom. The summed E-state index contributed by atoms with van der Waals surface area (Å²) >= 11 is 0. The Morgan fingerprint density at radius 2 is 2.00 bits per heavy atom. The number of phenols is 1. The van der Waals surface area contributed by atoms with Gasteiger partial charge in [0.05, 0.1) is 19.3 Å². The van der Waals surface area contributed by atoms with Crippen LogP contribution < -0.4 is 10.1 Å². The molecule has 1 heterocycles. The molecule has 1 aliphatic rings. The van der Waals surface area contributed by atoms with E-state index in [1.165, 1.54) is 0 Å². The lowest BCUT2D eigenvalue weighted by Crippen LogP contribution is -2.47. The predicted molar refractivity (Wildman–Crippen MR) is 100 cm³/mol. The number of aromatic hydroxyl groups is 1. The van der Waals surface area contributed by atoms with E-state index in [0.717, 1.165) is 50.6 Å². The summed E-state index contributed by atoms with van der Waals surface area (Å²) in [6, 6.07) is 5.40. The van der Waals surface area contributed by atoms with Crippen LogP contribution in [0.4, 0.5) is 0 Å². The fraction of sp³-hybridized carbons (Fsp3) is 0.632.